The number of nitrogens with zero attached hydrogens (tertiary/aromatic N) is 2. The molecule has 170 valence electrons. The summed E-state index contributed by atoms with van der Waals surface area (Å²) in [5.74, 6) is 0.118. The van der Waals surface area contributed by atoms with Crippen LogP contribution in [0.25, 0.3) is 0 Å². The van der Waals surface area contributed by atoms with Crippen molar-refractivity contribution in [3.8, 4) is 0 Å². The highest BCUT2D eigenvalue weighted by molar-refractivity contribution is 8.02. The van der Waals surface area contributed by atoms with Gasteiger partial charge in [-0.15, -0.1) is 11.8 Å². The standard InChI is InChI=1S/C12H10F3N3.C9H17NO2S/c1-8-3-2-4-9(7-8)17-11-16-6-5-10(18-11)12(13,14)15;1-9(2,8(11)12)4-3-6-13-7-5-10/h2-7H,1H3,(H,16,17,18);5,7H,3-4,6,10H2,1-2H3,(H,11,12)/b;7-5-. The summed E-state index contributed by atoms with van der Waals surface area (Å²) in [6, 6.07) is 8.05. The van der Waals surface area contributed by atoms with Gasteiger partial charge in [-0.25, -0.2) is 9.97 Å². The van der Waals surface area contributed by atoms with Crippen LogP contribution in [0.15, 0.2) is 48.1 Å². The number of anilines is 2. The molecular formula is C21H27F3N4O2S. The Hall–Kier alpha value is -2.75. The van der Waals surface area contributed by atoms with E-state index in [1.165, 1.54) is 6.20 Å². The first-order valence-electron chi connectivity index (χ1n) is 9.41. The molecule has 0 saturated heterocycles. The lowest BCUT2D eigenvalue weighted by molar-refractivity contribution is -0.147. The predicted octanol–water partition coefficient (Wildman–Crippen LogP) is 5.59. The maximum absolute atomic E-state index is 12.5. The average molecular weight is 457 g/mol. The Balaban J connectivity index is 0.000000330. The van der Waals surface area contributed by atoms with Gasteiger partial charge in [0.1, 0.15) is 5.69 Å². The number of alkyl halides is 3. The van der Waals surface area contributed by atoms with Crippen LogP contribution >= 0.6 is 11.8 Å². The molecule has 31 heavy (non-hydrogen) atoms. The normalized spacial score (nSPS) is 11.7. The summed E-state index contributed by atoms with van der Waals surface area (Å²) in [6.45, 7) is 5.38. The second-order valence-electron chi connectivity index (χ2n) is 7.25. The van der Waals surface area contributed by atoms with E-state index in [4.69, 9.17) is 10.8 Å². The number of halogens is 3. The van der Waals surface area contributed by atoms with Gasteiger partial charge in [-0.1, -0.05) is 12.1 Å². The van der Waals surface area contributed by atoms with Gasteiger partial charge >= 0.3 is 12.1 Å². The van der Waals surface area contributed by atoms with Crippen molar-refractivity contribution in [1.29, 1.82) is 0 Å². The fraction of sp³-hybridized carbons (Fsp3) is 0.381. The molecule has 2 aromatic rings. The van der Waals surface area contributed by atoms with Crippen molar-refractivity contribution in [3.05, 3.63) is 59.4 Å². The van der Waals surface area contributed by atoms with E-state index >= 15 is 0 Å². The number of hydrogen-bond donors (Lipinski definition) is 3. The molecule has 1 aromatic carbocycles. The van der Waals surface area contributed by atoms with Crippen molar-refractivity contribution in [2.75, 3.05) is 11.1 Å². The first kappa shape index (κ1) is 26.3. The van der Waals surface area contributed by atoms with E-state index in [1.807, 2.05) is 18.4 Å². The SMILES string of the molecule is CC(C)(CCCS/C=C\N)C(=O)O.Cc1cccc(Nc2nccc(C(F)(F)F)n2)c1. The molecule has 0 atom stereocenters. The topological polar surface area (TPSA) is 101 Å². The lowest BCUT2D eigenvalue weighted by atomic mass is 9.88. The van der Waals surface area contributed by atoms with Crippen LogP contribution in [0.1, 0.15) is 37.9 Å². The van der Waals surface area contributed by atoms with Gasteiger partial charge in [-0.2, -0.15) is 13.2 Å². The molecule has 0 bridgehead atoms. The van der Waals surface area contributed by atoms with Crippen LogP contribution in [0.5, 0.6) is 0 Å². The van der Waals surface area contributed by atoms with E-state index in [2.05, 4.69) is 15.3 Å². The highest BCUT2D eigenvalue weighted by Crippen LogP contribution is 2.28. The quantitative estimate of drug-likeness (QED) is 0.445. The number of rotatable bonds is 8. The molecule has 0 spiro atoms. The summed E-state index contributed by atoms with van der Waals surface area (Å²) in [4.78, 5) is 17.9. The molecular weight excluding hydrogens is 429 g/mol. The Morgan fingerprint density at radius 3 is 2.58 bits per heavy atom. The lowest BCUT2D eigenvalue weighted by Gasteiger charge is -2.17. The zero-order valence-electron chi connectivity index (χ0n) is 17.6. The monoisotopic (exact) mass is 456 g/mol. The molecule has 0 saturated carbocycles. The summed E-state index contributed by atoms with van der Waals surface area (Å²) >= 11 is 1.61. The number of benzene rings is 1. The van der Waals surface area contributed by atoms with E-state index in [0.29, 0.717) is 12.1 Å². The van der Waals surface area contributed by atoms with Crippen LogP contribution in [0.3, 0.4) is 0 Å². The number of hydrogen-bond acceptors (Lipinski definition) is 6. The van der Waals surface area contributed by atoms with Gasteiger partial charge in [0.15, 0.2) is 0 Å². The summed E-state index contributed by atoms with van der Waals surface area (Å²) in [5.41, 5.74) is 5.22. The minimum absolute atomic E-state index is 0.0737. The van der Waals surface area contributed by atoms with Crippen LogP contribution in [-0.4, -0.2) is 26.8 Å². The van der Waals surface area contributed by atoms with Gasteiger partial charge in [0.05, 0.1) is 5.41 Å². The van der Waals surface area contributed by atoms with E-state index in [9.17, 15) is 18.0 Å². The zero-order chi connectivity index (χ0) is 23.5. The van der Waals surface area contributed by atoms with E-state index < -0.39 is 23.3 Å². The minimum Gasteiger partial charge on any atom is -0.481 e. The van der Waals surface area contributed by atoms with Crippen molar-refractivity contribution in [2.45, 2.75) is 39.8 Å². The molecule has 1 heterocycles. The van der Waals surface area contributed by atoms with Crippen molar-refractivity contribution in [2.24, 2.45) is 11.1 Å². The van der Waals surface area contributed by atoms with Crippen LogP contribution in [-0.2, 0) is 11.0 Å². The molecule has 2 rings (SSSR count). The number of nitrogens with one attached hydrogen (secondary N) is 1. The maximum atomic E-state index is 12.5. The largest absolute Gasteiger partial charge is 0.481 e. The van der Waals surface area contributed by atoms with Crippen LogP contribution < -0.4 is 11.1 Å². The molecule has 0 aliphatic rings. The van der Waals surface area contributed by atoms with Crippen molar-refractivity contribution < 1.29 is 23.1 Å². The molecule has 4 N–H and O–H groups in total. The first-order chi connectivity index (χ1) is 14.5. The van der Waals surface area contributed by atoms with Gasteiger partial charge in [0, 0.05) is 18.1 Å². The van der Waals surface area contributed by atoms with Gasteiger partial charge in [-0.3, -0.25) is 4.79 Å². The lowest BCUT2D eigenvalue weighted by Crippen LogP contribution is -2.23. The Morgan fingerprint density at radius 1 is 1.29 bits per heavy atom. The summed E-state index contributed by atoms with van der Waals surface area (Å²) in [5, 5.41) is 13.4. The van der Waals surface area contributed by atoms with Crippen molar-refractivity contribution in [1.82, 2.24) is 9.97 Å². The van der Waals surface area contributed by atoms with E-state index in [-0.39, 0.29) is 5.95 Å². The van der Waals surface area contributed by atoms with Gasteiger partial charge in [-0.05, 0) is 68.5 Å². The number of thioether (sulfide) groups is 1. The second-order valence-corrected chi connectivity index (χ2v) is 8.26. The number of nitrogens with two attached hydrogens (primary N) is 1. The first-order valence-corrected chi connectivity index (χ1v) is 10.5. The molecule has 10 heteroatoms. The van der Waals surface area contributed by atoms with Crippen molar-refractivity contribution >= 4 is 29.4 Å². The third-order valence-corrected chi connectivity index (χ3v) is 4.91. The number of carboxylic acid groups (broad SMARTS) is 1. The molecule has 0 aliphatic heterocycles. The van der Waals surface area contributed by atoms with Crippen LogP contribution in [0.4, 0.5) is 24.8 Å². The molecule has 1 aromatic heterocycles. The predicted molar refractivity (Wildman–Crippen MR) is 118 cm³/mol. The smallest absolute Gasteiger partial charge is 0.433 e. The van der Waals surface area contributed by atoms with E-state index in [0.717, 1.165) is 30.0 Å². The number of aromatic nitrogens is 2. The molecule has 0 aliphatic carbocycles. The fourth-order valence-corrected chi connectivity index (χ4v) is 2.81. The van der Waals surface area contributed by atoms with Gasteiger partial charge < -0.3 is 16.2 Å². The molecule has 6 nitrogen and oxygen atoms in total. The van der Waals surface area contributed by atoms with Crippen LogP contribution in [0.2, 0.25) is 0 Å². The number of carboxylic acids is 1. The number of aryl methyl sites for hydroxylation is 1. The third-order valence-electron chi connectivity index (χ3n) is 4.04. The highest BCUT2D eigenvalue weighted by Gasteiger charge is 2.32. The summed E-state index contributed by atoms with van der Waals surface area (Å²) < 4.78 is 37.4. The highest BCUT2D eigenvalue weighted by atomic mass is 32.2. The minimum atomic E-state index is -4.47. The van der Waals surface area contributed by atoms with Gasteiger partial charge in [0.25, 0.3) is 0 Å². The zero-order valence-corrected chi connectivity index (χ0v) is 18.4. The Labute approximate surface area is 184 Å². The molecule has 0 amide bonds. The molecule has 0 radical (unpaired) electrons. The Kier molecular flexibility index (Phi) is 10.3. The van der Waals surface area contributed by atoms with Crippen molar-refractivity contribution in [3.63, 3.8) is 0 Å². The number of carbonyl (C=O) groups is 1. The fourth-order valence-electron chi connectivity index (χ4n) is 2.26. The maximum Gasteiger partial charge on any atom is 0.433 e. The number of aliphatic carboxylic acids is 1. The average Bonchev–Trinajstić information content (AvgIpc) is 2.68. The molecule has 0 fully saturated rings. The molecule has 0 unspecified atom stereocenters. The summed E-state index contributed by atoms with van der Waals surface area (Å²) in [6.07, 6.45) is -0.297. The Morgan fingerprint density at radius 2 is 2.00 bits per heavy atom. The Bertz CT molecular complexity index is 874. The second kappa shape index (κ2) is 12.2. The summed E-state index contributed by atoms with van der Waals surface area (Å²) in [7, 11) is 0. The van der Waals surface area contributed by atoms with E-state index in [1.54, 1.807) is 43.8 Å². The van der Waals surface area contributed by atoms with Crippen LogP contribution in [0, 0.1) is 12.3 Å². The third kappa shape index (κ3) is 10.2. The van der Waals surface area contributed by atoms with Gasteiger partial charge in [0.2, 0.25) is 5.95 Å².